The van der Waals surface area contributed by atoms with Crippen molar-refractivity contribution in [3.05, 3.63) is 0 Å². The molecule has 3 fully saturated rings. The lowest BCUT2D eigenvalue weighted by molar-refractivity contribution is 0.0552. The van der Waals surface area contributed by atoms with Gasteiger partial charge in [-0.25, -0.2) is 0 Å². The standard InChI is InChI=1S/C10H18N2/c1-3-9-7-11-10(4-2-5-10)8-12(9)6-1/h9,11H,1-8H2. The van der Waals surface area contributed by atoms with E-state index in [1.165, 1.54) is 51.7 Å². The number of fused-ring (bicyclic) bond motifs is 1. The Bertz CT molecular complexity index is 186. The van der Waals surface area contributed by atoms with Crippen LogP contribution in [0.15, 0.2) is 0 Å². The van der Waals surface area contributed by atoms with Crippen LogP contribution >= 0.6 is 0 Å². The highest BCUT2D eigenvalue weighted by atomic mass is 15.3. The molecule has 1 atom stereocenters. The lowest BCUT2D eigenvalue weighted by Crippen LogP contribution is -2.65. The first kappa shape index (κ1) is 7.34. The molecule has 1 unspecified atom stereocenters. The summed E-state index contributed by atoms with van der Waals surface area (Å²) in [6.07, 6.45) is 7.17. The largest absolute Gasteiger partial charge is 0.308 e. The Morgan fingerprint density at radius 2 is 2.17 bits per heavy atom. The Morgan fingerprint density at radius 1 is 1.25 bits per heavy atom. The molecule has 0 aromatic carbocycles. The molecule has 0 amide bonds. The third-order valence-corrected chi connectivity index (χ3v) is 4.03. The van der Waals surface area contributed by atoms with Gasteiger partial charge in [-0.05, 0) is 38.6 Å². The van der Waals surface area contributed by atoms with Crippen LogP contribution in [0.25, 0.3) is 0 Å². The van der Waals surface area contributed by atoms with Crippen LogP contribution in [0.3, 0.4) is 0 Å². The van der Waals surface area contributed by atoms with Crippen molar-refractivity contribution in [1.82, 2.24) is 10.2 Å². The first-order valence-electron chi connectivity index (χ1n) is 5.37. The van der Waals surface area contributed by atoms with E-state index in [4.69, 9.17) is 0 Å². The molecule has 0 aromatic heterocycles. The molecule has 2 saturated heterocycles. The second kappa shape index (κ2) is 2.46. The summed E-state index contributed by atoms with van der Waals surface area (Å²) < 4.78 is 0. The molecule has 3 aliphatic rings. The second-order valence-electron chi connectivity index (χ2n) is 4.78. The van der Waals surface area contributed by atoms with E-state index in [0.29, 0.717) is 5.54 Å². The maximum atomic E-state index is 3.76. The minimum absolute atomic E-state index is 0.570. The second-order valence-corrected chi connectivity index (χ2v) is 4.78. The fourth-order valence-corrected chi connectivity index (χ4v) is 3.05. The van der Waals surface area contributed by atoms with Gasteiger partial charge in [0.2, 0.25) is 0 Å². The van der Waals surface area contributed by atoms with Gasteiger partial charge in [0.15, 0.2) is 0 Å². The number of piperazine rings is 1. The van der Waals surface area contributed by atoms with Gasteiger partial charge in [0, 0.05) is 24.7 Å². The number of nitrogens with zero attached hydrogens (tertiary/aromatic N) is 1. The normalized spacial score (nSPS) is 39.5. The number of hydrogen-bond donors (Lipinski definition) is 1. The van der Waals surface area contributed by atoms with Crippen LogP contribution in [-0.2, 0) is 0 Å². The fourth-order valence-electron chi connectivity index (χ4n) is 3.05. The van der Waals surface area contributed by atoms with Crippen LogP contribution < -0.4 is 5.32 Å². The van der Waals surface area contributed by atoms with Gasteiger partial charge in [0.25, 0.3) is 0 Å². The lowest BCUT2D eigenvalue weighted by atomic mass is 9.75. The molecular formula is C10H18N2. The molecule has 2 aliphatic heterocycles. The number of rotatable bonds is 0. The summed E-state index contributed by atoms with van der Waals surface area (Å²) in [5, 5.41) is 3.76. The molecule has 0 radical (unpaired) electrons. The molecule has 12 heavy (non-hydrogen) atoms. The molecule has 0 bridgehead atoms. The van der Waals surface area contributed by atoms with Crippen molar-refractivity contribution >= 4 is 0 Å². The Kier molecular flexibility index (Phi) is 1.50. The smallest absolute Gasteiger partial charge is 0.0309 e. The average molecular weight is 166 g/mol. The topological polar surface area (TPSA) is 15.3 Å². The summed E-state index contributed by atoms with van der Waals surface area (Å²) in [6, 6.07) is 0.885. The van der Waals surface area contributed by atoms with Crippen LogP contribution in [0.5, 0.6) is 0 Å². The van der Waals surface area contributed by atoms with Gasteiger partial charge in [0.05, 0.1) is 0 Å². The van der Waals surface area contributed by atoms with Crippen LogP contribution in [0.1, 0.15) is 32.1 Å². The molecule has 68 valence electrons. The highest BCUT2D eigenvalue weighted by molar-refractivity contribution is 5.04. The molecule has 1 saturated carbocycles. The van der Waals surface area contributed by atoms with Gasteiger partial charge >= 0.3 is 0 Å². The van der Waals surface area contributed by atoms with Crippen LogP contribution in [0.4, 0.5) is 0 Å². The zero-order valence-corrected chi connectivity index (χ0v) is 7.68. The van der Waals surface area contributed by atoms with E-state index in [9.17, 15) is 0 Å². The number of hydrogen-bond acceptors (Lipinski definition) is 2. The molecule has 0 aromatic rings. The van der Waals surface area contributed by atoms with E-state index in [-0.39, 0.29) is 0 Å². The molecule has 2 heterocycles. The Hall–Kier alpha value is -0.0800. The van der Waals surface area contributed by atoms with Crippen molar-refractivity contribution in [3.63, 3.8) is 0 Å². The van der Waals surface area contributed by atoms with Crippen molar-refractivity contribution in [2.75, 3.05) is 19.6 Å². The van der Waals surface area contributed by atoms with Crippen molar-refractivity contribution in [1.29, 1.82) is 0 Å². The molecule has 1 spiro atoms. The summed E-state index contributed by atoms with van der Waals surface area (Å²) in [7, 11) is 0. The van der Waals surface area contributed by atoms with E-state index >= 15 is 0 Å². The maximum absolute atomic E-state index is 3.76. The highest BCUT2D eigenvalue weighted by Gasteiger charge is 2.44. The van der Waals surface area contributed by atoms with E-state index in [0.717, 1.165) is 6.04 Å². The fraction of sp³-hybridized carbons (Fsp3) is 1.00. The van der Waals surface area contributed by atoms with Crippen molar-refractivity contribution in [3.8, 4) is 0 Å². The predicted molar refractivity (Wildman–Crippen MR) is 49.2 cm³/mol. The van der Waals surface area contributed by atoms with E-state index in [1.807, 2.05) is 0 Å². The first-order chi connectivity index (χ1) is 5.88. The van der Waals surface area contributed by atoms with Gasteiger partial charge < -0.3 is 5.32 Å². The Balaban J connectivity index is 1.72. The minimum atomic E-state index is 0.570. The van der Waals surface area contributed by atoms with Crippen LogP contribution in [-0.4, -0.2) is 36.1 Å². The van der Waals surface area contributed by atoms with Crippen LogP contribution in [0.2, 0.25) is 0 Å². The first-order valence-corrected chi connectivity index (χ1v) is 5.37. The summed E-state index contributed by atoms with van der Waals surface area (Å²) in [4.78, 5) is 2.72. The summed E-state index contributed by atoms with van der Waals surface area (Å²) in [5.74, 6) is 0. The summed E-state index contributed by atoms with van der Waals surface area (Å²) in [5.41, 5.74) is 0.570. The molecule has 1 aliphatic carbocycles. The zero-order valence-electron chi connectivity index (χ0n) is 7.68. The van der Waals surface area contributed by atoms with E-state index in [1.54, 1.807) is 0 Å². The van der Waals surface area contributed by atoms with Gasteiger partial charge in [-0.15, -0.1) is 0 Å². The third kappa shape index (κ3) is 0.944. The zero-order chi connectivity index (χ0) is 8.02. The monoisotopic (exact) mass is 166 g/mol. The molecule has 1 N–H and O–H groups in total. The molecule has 3 rings (SSSR count). The van der Waals surface area contributed by atoms with Gasteiger partial charge in [-0.2, -0.15) is 0 Å². The number of nitrogens with one attached hydrogen (secondary N) is 1. The lowest BCUT2D eigenvalue weighted by Gasteiger charge is -2.51. The Morgan fingerprint density at radius 3 is 2.92 bits per heavy atom. The quantitative estimate of drug-likeness (QED) is 0.577. The Labute approximate surface area is 74.3 Å². The van der Waals surface area contributed by atoms with Gasteiger partial charge in [0.1, 0.15) is 0 Å². The summed E-state index contributed by atoms with van der Waals surface area (Å²) >= 11 is 0. The molecule has 2 heteroatoms. The minimum Gasteiger partial charge on any atom is -0.308 e. The highest BCUT2D eigenvalue weighted by Crippen LogP contribution is 2.37. The van der Waals surface area contributed by atoms with Gasteiger partial charge in [-0.3, -0.25) is 4.90 Å². The summed E-state index contributed by atoms with van der Waals surface area (Å²) in [6.45, 7) is 3.98. The molecule has 2 nitrogen and oxygen atoms in total. The average Bonchev–Trinajstić information content (AvgIpc) is 2.46. The maximum Gasteiger partial charge on any atom is 0.0309 e. The van der Waals surface area contributed by atoms with E-state index in [2.05, 4.69) is 10.2 Å². The van der Waals surface area contributed by atoms with Crippen molar-refractivity contribution < 1.29 is 0 Å². The van der Waals surface area contributed by atoms with Gasteiger partial charge in [-0.1, -0.05) is 0 Å². The third-order valence-electron chi connectivity index (χ3n) is 4.03. The van der Waals surface area contributed by atoms with Crippen molar-refractivity contribution in [2.24, 2.45) is 0 Å². The predicted octanol–water partition coefficient (Wildman–Crippen LogP) is 0.977. The SMILES string of the molecule is C1CC2CNC3(CCC3)CN2C1. The van der Waals surface area contributed by atoms with Crippen molar-refractivity contribution in [2.45, 2.75) is 43.7 Å². The molecular weight excluding hydrogens is 148 g/mol. The van der Waals surface area contributed by atoms with Crippen LogP contribution in [0, 0.1) is 0 Å². The van der Waals surface area contributed by atoms with E-state index < -0.39 is 0 Å².